The molecule has 0 aliphatic heterocycles. The molecule has 1 atom stereocenters. The summed E-state index contributed by atoms with van der Waals surface area (Å²) in [6.07, 6.45) is 5.05. The Bertz CT molecular complexity index is 1540. The highest BCUT2D eigenvalue weighted by molar-refractivity contribution is 9.10. The number of ether oxygens (including phenoxy) is 2. The van der Waals surface area contributed by atoms with Gasteiger partial charge in [0, 0.05) is 23.1 Å². The van der Waals surface area contributed by atoms with Crippen LogP contribution in [0, 0.1) is 6.92 Å². The normalized spacial score (nSPS) is 14.4. The maximum atomic E-state index is 14.3. The van der Waals surface area contributed by atoms with E-state index in [9.17, 15) is 18.0 Å². The molecule has 0 aromatic heterocycles. The molecule has 1 saturated carbocycles. The smallest absolute Gasteiger partial charge is 0.264 e. The Hall–Kier alpha value is -3.57. The molecule has 3 aromatic carbocycles. The zero-order valence-electron chi connectivity index (χ0n) is 25.6. The number of aryl methyl sites for hydroxylation is 1. The average Bonchev–Trinajstić information content (AvgIpc) is 3.03. The average molecular weight is 687 g/mol. The number of hydrogen-bond acceptors (Lipinski definition) is 6. The first-order valence-electron chi connectivity index (χ1n) is 14.7. The fraction of sp³-hybridized carbons (Fsp3) is 0.394. The number of sulfonamides is 1. The van der Waals surface area contributed by atoms with Crippen LogP contribution in [-0.4, -0.2) is 58.0 Å². The van der Waals surface area contributed by atoms with Crippen LogP contribution < -0.4 is 19.1 Å². The number of carbonyl (C=O) groups excluding carboxylic acids is 2. The number of rotatable bonds is 12. The van der Waals surface area contributed by atoms with Crippen LogP contribution >= 0.6 is 15.9 Å². The monoisotopic (exact) mass is 685 g/mol. The first-order valence-corrected chi connectivity index (χ1v) is 16.9. The van der Waals surface area contributed by atoms with Gasteiger partial charge in [-0.25, -0.2) is 8.42 Å². The van der Waals surface area contributed by atoms with Crippen molar-refractivity contribution in [1.82, 2.24) is 10.2 Å². The number of nitrogens with one attached hydrogen (secondary N) is 1. The highest BCUT2D eigenvalue weighted by Crippen LogP contribution is 2.36. The van der Waals surface area contributed by atoms with Gasteiger partial charge in [0.2, 0.25) is 11.8 Å². The van der Waals surface area contributed by atoms with E-state index in [1.807, 2.05) is 31.2 Å². The molecule has 1 unspecified atom stereocenters. The van der Waals surface area contributed by atoms with Gasteiger partial charge in [-0.3, -0.25) is 13.9 Å². The summed E-state index contributed by atoms with van der Waals surface area (Å²) < 4.78 is 41.3. The van der Waals surface area contributed by atoms with Gasteiger partial charge in [0.05, 0.1) is 24.8 Å². The van der Waals surface area contributed by atoms with Crippen LogP contribution in [0.5, 0.6) is 11.5 Å². The third kappa shape index (κ3) is 8.12. The third-order valence-electron chi connectivity index (χ3n) is 7.93. The molecule has 1 N–H and O–H groups in total. The van der Waals surface area contributed by atoms with E-state index < -0.39 is 28.5 Å². The molecule has 4 rings (SSSR count). The largest absolute Gasteiger partial charge is 0.497 e. The molecule has 2 amide bonds. The Morgan fingerprint density at radius 2 is 1.61 bits per heavy atom. The maximum Gasteiger partial charge on any atom is 0.264 e. The fourth-order valence-corrected chi connectivity index (χ4v) is 6.96. The van der Waals surface area contributed by atoms with Crippen LogP contribution in [0.3, 0.4) is 0 Å². The number of nitrogens with zero attached hydrogens (tertiary/aromatic N) is 2. The molecule has 0 saturated heterocycles. The van der Waals surface area contributed by atoms with E-state index in [2.05, 4.69) is 21.2 Å². The lowest BCUT2D eigenvalue weighted by Gasteiger charge is -2.33. The molecular formula is C33H40BrN3O6S. The summed E-state index contributed by atoms with van der Waals surface area (Å²) in [5.74, 6) is -0.171. The van der Waals surface area contributed by atoms with Crippen molar-refractivity contribution in [3.8, 4) is 11.5 Å². The molecule has 1 aliphatic carbocycles. The Labute approximate surface area is 268 Å². The second kappa shape index (κ2) is 14.9. The Kier molecular flexibility index (Phi) is 11.3. The minimum absolute atomic E-state index is 0.0170. The van der Waals surface area contributed by atoms with Crippen LogP contribution in [0.1, 0.15) is 50.2 Å². The zero-order valence-corrected chi connectivity index (χ0v) is 28.0. The van der Waals surface area contributed by atoms with Crippen molar-refractivity contribution in [2.75, 3.05) is 25.1 Å². The van der Waals surface area contributed by atoms with Crippen molar-refractivity contribution in [3.63, 3.8) is 0 Å². The van der Waals surface area contributed by atoms with Crippen LogP contribution in [0.25, 0.3) is 0 Å². The van der Waals surface area contributed by atoms with Gasteiger partial charge >= 0.3 is 0 Å². The van der Waals surface area contributed by atoms with Gasteiger partial charge in [-0.2, -0.15) is 0 Å². The Morgan fingerprint density at radius 1 is 0.955 bits per heavy atom. The number of carbonyl (C=O) groups is 2. The first kappa shape index (κ1) is 33.3. The van der Waals surface area contributed by atoms with Crippen molar-refractivity contribution in [2.24, 2.45) is 0 Å². The van der Waals surface area contributed by atoms with Gasteiger partial charge in [0.15, 0.2) is 0 Å². The summed E-state index contributed by atoms with van der Waals surface area (Å²) in [5, 5.41) is 3.12. The number of benzene rings is 3. The number of halogens is 1. The van der Waals surface area contributed by atoms with Gasteiger partial charge < -0.3 is 19.7 Å². The van der Waals surface area contributed by atoms with Gasteiger partial charge in [-0.1, -0.05) is 65.0 Å². The molecule has 9 nitrogen and oxygen atoms in total. The molecular weight excluding hydrogens is 646 g/mol. The SMILES string of the molecule is COc1ccc(OC)c(N(CC(=O)N(Cc2ccc(Br)cc2)C(C)C(=O)NC2CCCCC2)S(=O)(=O)c2ccc(C)cc2)c1. The zero-order chi connectivity index (χ0) is 31.9. The molecule has 236 valence electrons. The highest BCUT2D eigenvalue weighted by atomic mass is 79.9. The predicted molar refractivity (Wildman–Crippen MR) is 174 cm³/mol. The van der Waals surface area contributed by atoms with E-state index in [0.717, 1.165) is 52.0 Å². The second-order valence-corrected chi connectivity index (χ2v) is 13.8. The minimum atomic E-state index is -4.26. The van der Waals surface area contributed by atoms with Crippen LogP contribution in [0.4, 0.5) is 5.69 Å². The van der Waals surface area contributed by atoms with Crippen molar-refractivity contribution in [1.29, 1.82) is 0 Å². The number of hydrogen-bond donors (Lipinski definition) is 1. The summed E-state index contributed by atoms with van der Waals surface area (Å²) in [6.45, 7) is 3.08. The van der Waals surface area contributed by atoms with E-state index in [-0.39, 0.29) is 34.8 Å². The van der Waals surface area contributed by atoms with E-state index in [0.29, 0.717) is 5.75 Å². The predicted octanol–water partition coefficient (Wildman–Crippen LogP) is 5.84. The molecule has 0 bridgehead atoms. The lowest BCUT2D eigenvalue weighted by Crippen LogP contribution is -2.53. The number of amides is 2. The second-order valence-electron chi connectivity index (χ2n) is 11.0. The maximum absolute atomic E-state index is 14.3. The van der Waals surface area contributed by atoms with E-state index >= 15 is 0 Å². The third-order valence-corrected chi connectivity index (χ3v) is 10.2. The molecule has 11 heteroatoms. The van der Waals surface area contributed by atoms with Crippen LogP contribution in [0.2, 0.25) is 0 Å². The molecule has 0 spiro atoms. The summed E-state index contributed by atoms with van der Waals surface area (Å²) in [7, 11) is -1.35. The van der Waals surface area contributed by atoms with Gasteiger partial charge in [0.25, 0.3) is 10.0 Å². The molecule has 1 aliphatic rings. The Morgan fingerprint density at radius 3 is 2.23 bits per heavy atom. The highest BCUT2D eigenvalue weighted by Gasteiger charge is 2.34. The number of methoxy groups -OCH3 is 2. The standard InChI is InChI=1S/C33H40BrN3O6S/c1-23-10-17-29(18-11-23)44(40,41)37(30-20-28(42-3)16-19-31(30)43-4)22-32(38)36(21-25-12-14-26(34)15-13-25)24(2)33(39)35-27-8-6-5-7-9-27/h10-20,24,27H,5-9,21-22H2,1-4H3,(H,35,39). The van der Waals surface area contributed by atoms with E-state index in [1.165, 1.54) is 37.3 Å². The van der Waals surface area contributed by atoms with E-state index in [1.54, 1.807) is 31.2 Å². The molecule has 0 heterocycles. The molecule has 1 fully saturated rings. The summed E-state index contributed by atoms with van der Waals surface area (Å²) in [5.41, 5.74) is 1.83. The summed E-state index contributed by atoms with van der Waals surface area (Å²) in [4.78, 5) is 29.2. The summed E-state index contributed by atoms with van der Waals surface area (Å²) in [6, 6.07) is 17.8. The van der Waals surface area contributed by atoms with Gasteiger partial charge in [-0.05, 0) is 68.7 Å². The van der Waals surface area contributed by atoms with Crippen LogP contribution in [-0.2, 0) is 26.2 Å². The fourth-order valence-electron chi connectivity index (χ4n) is 5.28. The first-order chi connectivity index (χ1) is 21.0. The van der Waals surface area contributed by atoms with Gasteiger partial charge in [0.1, 0.15) is 24.1 Å². The minimum Gasteiger partial charge on any atom is -0.497 e. The van der Waals surface area contributed by atoms with Crippen LogP contribution in [0.15, 0.2) is 76.1 Å². The molecule has 0 radical (unpaired) electrons. The Balaban J connectivity index is 1.74. The van der Waals surface area contributed by atoms with Crippen molar-refractivity contribution < 1.29 is 27.5 Å². The van der Waals surface area contributed by atoms with E-state index in [4.69, 9.17) is 9.47 Å². The van der Waals surface area contributed by atoms with Crippen molar-refractivity contribution in [3.05, 3.63) is 82.3 Å². The number of anilines is 1. The molecule has 3 aromatic rings. The topological polar surface area (TPSA) is 105 Å². The van der Waals surface area contributed by atoms with Crippen molar-refractivity contribution in [2.45, 2.75) is 69.5 Å². The lowest BCUT2D eigenvalue weighted by atomic mass is 9.95. The lowest BCUT2D eigenvalue weighted by molar-refractivity contribution is -0.139. The van der Waals surface area contributed by atoms with Gasteiger partial charge in [-0.15, -0.1) is 0 Å². The quantitative estimate of drug-likeness (QED) is 0.257. The van der Waals surface area contributed by atoms with Crippen molar-refractivity contribution >= 4 is 43.5 Å². The molecule has 44 heavy (non-hydrogen) atoms. The summed E-state index contributed by atoms with van der Waals surface area (Å²) >= 11 is 3.44.